The lowest BCUT2D eigenvalue weighted by Gasteiger charge is -2.13. The van der Waals surface area contributed by atoms with E-state index in [0.29, 0.717) is 17.9 Å². The van der Waals surface area contributed by atoms with Crippen LogP contribution in [0, 0.1) is 12.8 Å². The standard InChI is InChI=1S/C15H23N3O2/c1-10-6-7-13(9-14(10)17-12(3)19)18-15(20)11(2)5-4-8-16/h6-7,9,11H,4-5,8,16H2,1-3H3,(H,17,19)(H,18,20). The van der Waals surface area contributed by atoms with Crippen LogP contribution in [-0.4, -0.2) is 18.4 Å². The molecule has 0 bridgehead atoms. The number of nitrogens with two attached hydrogens (primary N) is 1. The summed E-state index contributed by atoms with van der Waals surface area (Å²) in [7, 11) is 0. The molecule has 0 radical (unpaired) electrons. The van der Waals surface area contributed by atoms with E-state index < -0.39 is 0 Å². The lowest BCUT2D eigenvalue weighted by Crippen LogP contribution is -2.21. The Balaban J connectivity index is 2.72. The largest absolute Gasteiger partial charge is 0.330 e. The van der Waals surface area contributed by atoms with Crippen molar-refractivity contribution >= 4 is 23.2 Å². The van der Waals surface area contributed by atoms with Crippen molar-refractivity contribution in [1.82, 2.24) is 0 Å². The van der Waals surface area contributed by atoms with Gasteiger partial charge in [-0.2, -0.15) is 0 Å². The summed E-state index contributed by atoms with van der Waals surface area (Å²) < 4.78 is 0. The molecule has 110 valence electrons. The number of hydrogen-bond acceptors (Lipinski definition) is 3. The minimum absolute atomic E-state index is 0.0314. The second-order valence-corrected chi connectivity index (χ2v) is 5.03. The number of rotatable bonds is 6. The summed E-state index contributed by atoms with van der Waals surface area (Å²) in [5, 5.41) is 5.60. The minimum Gasteiger partial charge on any atom is -0.330 e. The van der Waals surface area contributed by atoms with Gasteiger partial charge in [0.05, 0.1) is 0 Å². The van der Waals surface area contributed by atoms with Crippen LogP contribution < -0.4 is 16.4 Å². The second kappa shape index (κ2) is 7.65. The van der Waals surface area contributed by atoms with Gasteiger partial charge in [-0.3, -0.25) is 9.59 Å². The van der Waals surface area contributed by atoms with E-state index in [4.69, 9.17) is 5.73 Å². The van der Waals surface area contributed by atoms with E-state index in [1.165, 1.54) is 6.92 Å². The van der Waals surface area contributed by atoms with Crippen molar-refractivity contribution in [3.63, 3.8) is 0 Å². The normalized spacial score (nSPS) is 11.8. The summed E-state index contributed by atoms with van der Waals surface area (Å²) in [6, 6.07) is 5.46. The summed E-state index contributed by atoms with van der Waals surface area (Å²) in [5.74, 6) is -0.243. The van der Waals surface area contributed by atoms with Crippen molar-refractivity contribution in [2.45, 2.75) is 33.6 Å². The number of carbonyl (C=O) groups is 2. The Bertz CT molecular complexity index is 486. The van der Waals surface area contributed by atoms with Crippen LogP contribution in [0.2, 0.25) is 0 Å². The Kier molecular flexibility index (Phi) is 6.18. The predicted molar refractivity (Wildman–Crippen MR) is 81.6 cm³/mol. The van der Waals surface area contributed by atoms with Gasteiger partial charge in [-0.25, -0.2) is 0 Å². The summed E-state index contributed by atoms with van der Waals surface area (Å²) in [6.45, 7) is 5.84. The van der Waals surface area contributed by atoms with Gasteiger partial charge in [0.1, 0.15) is 0 Å². The first-order valence-electron chi connectivity index (χ1n) is 6.83. The first kappa shape index (κ1) is 16.2. The van der Waals surface area contributed by atoms with Crippen molar-refractivity contribution in [3.8, 4) is 0 Å². The summed E-state index contributed by atoms with van der Waals surface area (Å²) in [6.07, 6.45) is 1.60. The molecule has 0 aliphatic heterocycles. The molecule has 1 atom stereocenters. The Morgan fingerprint density at radius 2 is 2.00 bits per heavy atom. The van der Waals surface area contributed by atoms with E-state index in [1.54, 1.807) is 6.07 Å². The van der Waals surface area contributed by atoms with E-state index in [2.05, 4.69) is 10.6 Å². The maximum absolute atomic E-state index is 12.0. The van der Waals surface area contributed by atoms with Crippen LogP contribution in [0.3, 0.4) is 0 Å². The molecule has 0 aromatic heterocycles. The molecule has 1 rings (SSSR count). The van der Waals surface area contributed by atoms with Gasteiger partial charge in [0, 0.05) is 24.2 Å². The molecule has 0 saturated carbocycles. The number of hydrogen-bond donors (Lipinski definition) is 3. The molecule has 5 nitrogen and oxygen atoms in total. The monoisotopic (exact) mass is 277 g/mol. The van der Waals surface area contributed by atoms with E-state index in [0.717, 1.165) is 18.4 Å². The van der Waals surface area contributed by atoms with Crippen molar-refractivity contribution < 1.29 is 9.59 Å². The quantitative estimate of drug-likeness (QED) is 0.745. The fourth-order valence-corrected chi connectivity index (χ4v) is 1.84. The second-order valence-electron chi connectivity index (χ2n) is 5.03. The molecule has 1 aromatic rings. The van der Waals surface area contributed by atoms with Crippen LogP contribution in [-0.2, 0) is 9.59 Å². The van der Waals surface area contributed by atoms with Crippen LogP contribution in [0.5, 0.6) is 0 Å². The van der Waals surface area contributed by atoms with Crippen LogP contribution in [0.15, 0.2) is 18.2 Å². The Labute approximate surface area is 119 Å². The molecular formula is C15H23N3O2. The van der Waals surface area contributed by atoms with Gasteiger partial charge in [0.25, 0.3) is 0 Å². The Morgan fingerprint density at radius 3 is 2.60 bits per heavy atom. The van der Waals surface area contributed by atoms with Crippen LogP contribution in [0.25, 0.3) is 0 Å². The summed E-state index contributed by atoms with van der Waals surface area (Å²) >= 11 is 0. The highest BCUT2D eigenvalue weighted by Crippen LogP contribution is 2.21. The fraction of sp³-hybridized carbons (Fsp3) is 0.467. The third kappa shape index (κ3) is 5.01. The highest BCUT2D eigenvalue weighted by Gasteiger charge is 2.13. The molecule has 0 aliphatic carbocycles. The van der Waals surface area contributed by atoms with Crippen molar-refractivity contribution in [2.24, 2.45) is 11.7 Å². The molecule has 20 heavy (non-hydrogen) atoms. The predicted octanol–water partition coefficient (Wildman–Crippen LogP) is 2.27. The molecule has 5 heteroatoms. The average molecular weight is 277 g/mol. The van der Waals surface area contributed by atoms with Gasteiger partial charge in [0.2, 0.25) is 11.8 Å². The van der Waals surface area contributed by atoms with E-state index in [-0.39, 0.29) is 17.7 Å². The van der Waals surface area contributed by atoms with Crippen molar-refractivity contribution in [2.75, 3.05) is 17.2 Å². The molecule has 2 amide bonds. The van der Waals surface area contributed by atoms with Gasteiger partial charge < -0.3 is 16.4 Å². The van der Waals surface area contributed by atoms with Crippen molar-refractivity contribution in [3.05, 3.63) is 23.8 Å². The highest BCUT2D eigenvalue weighted by molar-refractivity contribution is 5.94. The van der Waals surface area contributed by atoms with Crippen molar-refractivity contribution in [1.29, 1.82) is 0 Å². The zero-order chi connectivity index (χ0) is 15.1. The van der Waals surface area contributed by atoms with Gasteiger partial charge in [-0.1, -0.05) is 13.0 Å². The number of anilines is 2. The average Bonchev–Trinajstić information content (AvgIpc) is 2.39. The van der Waals surface area contributed by atoms with E-state index >= 15 is 0 Å². The molecule has 4 N–H and O–H groups in total. The van der Waals surface area contributed by atoms with Crippen LogP contribution in [0.4, 0.5) is 11.4 Å². The topological polar surface area (TPSA) is 84.2 Å². The number of aryl methyl sites for hydroxylation is 1. The molecular weight excluding hydrogens is 254 g/mol. The zero-order valence-electron chi connectivity index (χ0n) is 12.3. The molecule has 0 spiro atoms. The summed E-state index contributed by atoms with van der Waals surface area (Å²) in [5.41, 5.74) is 7.79. The molecule has 1 aromatic carbocycles. The Hall–Kier alpha value is -1.88. The lowest BCUT2D eigenvalue weighted by atomic mass is 10.0. The first-order valence-corrected chi connectivity index (χ1v) is 6.83. The van der Waals surface area contributed by atoms with E-state index in [1.807, 2.05) is 26.0 Å². The van der Waals surface area contributed by atoms with Gasteiger partial charge in [0.15, 0.2) is 0 Å². The maximum Gasteiger partial charge on any atom is 0.227 e. The molecule has 0 saturated heterocycles. The van der Waals surface area contributed by atoms with Crippen LogP contribution >= 0.6 is 0 Å². The number of amides is 2. The van der Waals surface area contributed by atoms with Gasteiger partial charge >= 0.3 is 0 Å². The van der Waals surface area contributed by atoms with Crippen LogP contribution in [0.1, 0.15) is 32.3 Å². The third-order valence-corrected chi connectivity index (χ3v) is 3.10. The highest BCUT2D eigenvalue weighted by atomic mass is 16.2. The minimum atomic E-state index is -0.132. The van der Waals surface area contributed by atoms with Gasteiger partial charge in [-0.05, 0) is 44.0 Å². The number of carbonyl (C=O) groups excluding carboxylic acids is 2. The number of nitrogens with one attached hydrogen (secondary N) is 2. The fourth-order valence-electron chi connectivity index (χ4n) is 1.84. The molecule has 1 unspecified atom stereocenters. The van der Waals surface area contributed by atoms with Gasteiger partial charge in [-0.15, -0.1) is 0 Å². The SMILES string of the molecule is CC(=O)Nc1cc(NC(=O)C(C)CCCN)ccc1C. The summed E-state index contributed by atoms with van der Waals surface area (Å²) in [4.78, 5) is 23.1. The first-order chi connectivity index (χ1) is 9.43. The third-order valence-electron chi connectivity index (χ3n) is 3.10. The van der Waals surface area contributed by atoms with E-state index in [9.17, 15) is 9.59 Å². The smallest absolute Gasteiger partial charge is 0.227 e. The molecule has 0 aliphatic rings. The lowest BCUT2D eigenvalue weighted by molar-refractivity contribution is -0.119. The molecule has 0 heterocycles. The zero-order valence-corrected chi connectivity index (χ0v) is 12.3. The Morgan fingerprint density at radius 1 is 1.30 bits per heavy atom. The molecule has 0 fully saturated rings. The number of benzene rings is 1. The maximum atomic E-state index is 12.0.